The summed E-state index contributed by atoms with van der Waals surface area (Å²) in [6, 6.07) is 0. The first-order valence-corrected chi connectivity index (χ1v) is 2.85. The van der Waals surface area contributed by atoms with Crippen molar-refractivity contribution in [2.45, 2.75) is 0 Å². The maximum atomic E-state index is 3.64. The van der Waals surface area contributed by atoms with Crippen LogP contribution in [0, 0.1) is 0 Å². The second-order valence-corrected chi connectivity index (χ2v) is 1.73. The van der Waals surface area contributed by atoms with Crippen LogP contribution in [0.2, 0.25) is 0 Å². The Balaban J connectivity index is 2.95. The zero-order valence-electron chi connectivity index (χ0n) is 5.17. The van der Waals surface area contributed by atoms with Crippen molar-refractivity contribution < 1.29 is 0 Å². The van der Waals surface area contributed by atoms with Gasteiger partial charge in [-0.2, -0.15) is 0 Å². The molecule has 0 bridgehead atoms. The van der Waals surface area contributed by atoms with E-state index in [1.807, 2.05) is 30.4 Å². The molecule has 0 aromatic rings. The molecule has 1 aliphatic carbocycles. The van der Waals surface area contributed by atoms with Crippen molar-refractivity contribution in [1.82, 2.24) is 0 Å². The van der Waals surface area contributed by atoms with Crippen LogP contribution in [0.1, 0.15) is 0 Å². The summed E-state index contributed by atoms with van der Waals surface area (Å²) in [5.41, 5.74) is 4.07. The molecule has 0 fully saturated rings. The van der Waals surface area contributed by atoms with E-state index >= 15 is 0 Å². The smallest absolute Gasteiger partial charge is 0.0127 e. The Labute approximate surface area is 55.2 Å². The summed E-state index contributed by atoms with van der Waals surface area (Å²) in [6.07, 6.45) is 11.5. The van der Waals surface area contributed by atoms with E-state index < -0.39 is 0 Å². The van der Waals surface area contributed by atoms with Crippen molar-refractivity contribution in [1.29, 1.82) is 0 Å². The highest BCUT2D eigenvalue weighted by Crippen LogP contribution is 1.99. The number of rotatable bonds is 1. The first kappa shape index (κ1) is 5.87. The van der Waals surface area contributed by atoms with E-state index in [9.17, 15) is 0 Å². The molecule has 0 N–H and O–H groups in total. The molecule has 0 heterocycles. The molecule has 9 heavy (non-hydrogen) atoms. The molecule has 0 saturated heterocycles. The molecule has 0 amide bonds. The van der Waals surface area contributed by atoms with Gasteiger partial charge in [0.2, 0.25) is 0 Å². The van der Waals surface area contributed by atoms with Crippen molar-refractivity contribution in [2.24, 2.45) is 0 Å². The van der Waals surface area contributed by atoms with E-state index in [0.29, 0.717) is 0 Å². The Morgan fingerprint density at radius 1 is 1.44 bits per heavy atom. The third-order valence-electron chi connectivity index (χ3n) is 1.08. The first-order chi connectivity index (χ1) is 4.43. The molecular weight excluding hydrogens is 108 g/mol. The second-order valence-electron chi connectivity index (χ2n) is 1.73. The molecule has 0 spiro atoms. The molecular formula is C9H8. The SMILES string of the molecule is C=CC1=CC=CC=C=C1. The van der Waals surface area contributed by atoms with Gasteiger partial charge in [0.15, 0.2) is 0 Å². The summed E-state index contributed by atoms with van der Waals surface area (Å²) in [4.78, 5) is 0. The highest BCUT2D eigenvalue weighted by Gasteiger charge is 1.80. The Hall–Kier alpha value is -1.26. The minimum Gasteiger partial charge on any atom is -0.120 e. The average Bonchev–Trinajstić information content (AvgIpc) is 2.13. The Bertz CT molecular complexity index is 220. The van der Waals surface area contributed by atoms with Crippen molar-refractivity contribution in [3.63, 3.8) is 0 Å². The summed E-state index contributed by atoms with van der Waals surface area (Å²) in [5, 5.41) is 0. The lowest BCUT2D eigenvalue weighted by Gasteiger charge is -1.82. The number of hydrogen-bond acceptors (Lipinski definition) is 0. The van der Waals surface area contributed by atoms with Crippen molar-refractivity contribution in [3.05, 3.63) is 54.3 Å². The van der Waals surface area contributed by atoms with Gasteiger partial charge in [0.25, 0.3) is 0 Å². The fourth-order valence-electron chi connectivity index (χ4n) is 0.597. The van der Waals surface area contributed by atoms with Crippen LogP contribution in [-0.2, 0) is 0 Å². The third-order valence-corrected chi connectivity index (χ3v) is 1.08. The van der Waals surface area contributed by atoms with E-state index in [4.69, 9.17) is 0 Å². The van der Waals surface area contributed by atoms with Crippen molar-refractivity contribution in [2.75, 3.05) is 0 Å². The molecule has 0 aliphatic heterocycles. The Kier molecular flexibility index (Phi) is 1.90. The highest BCUT2D eigenvalue weighted by molar-refractivity contribution is 5.35. The van der Waals surface area contributed by atoms with E-state index in [0.717, 1.165) is 5.57 Å². The summed E-state index contributed by atoms with van der Waals surface area (Å²) in [5.74, 6) is 0. The molecule has 1 rings (SSSR count). The van der Waals surface area contributed by atoms with Crippen LogP contribution >= 0.6 is 0 Å². The quantitative estimate of drug-likeness (QED) is 0.461. The van der Waals surface area contributed by atoms with Gasteiger partial charge in [-0.25, -0.2) is 0 Å². The van der Waals surface area contributed by atoms with E-state index in [1.165, 1.54) is 0 Å². The molecule has 0 atom stereocenters. The van der Waals surface area contributed by atoms with Gasteiger partial charge < -0.3 is 0 Å². The second kappa shape index (κ2) is 2.91. The zero-order valence-corrected chi connectivity index (χ0v) is 5.17. The van der Waals surface area contributed by atoms with Gasteiger partial charge in [0, 0.05) is 0 Å². The van der Waals surface area contributed by atoms with Crippen LogP contribution in [0.3, 0.4) is 0 Å². The lowest BCUT2D eigenvalue weighted by molar-refractivity contribution is 1.73. The van der Waals surface area contributed by atoms with Gasteiger partial charge in [0.1, 0.15) is 0 Å². The largest absolute Gasteiger partial charge is 0.120 e. The van der Waals surface area contributed by atoms with Crippen LogP contribution in [-0.4, -0.2) is 0 Å². The summed E-state index contributed by atoms with van der Waals surface area (Å²) in [7, 11) is 0. The van der Waals surface area contributed by atoms with E-state index in [2.05, 4.69) is 12.3 Å². The highest BCUT2D eigenvalue weighted by atomic mass is 13.8. The van der Waals surface area contributed by atoms with Crippen LogP contribution in [0.25, 0.3) is 0 Å². The molecule has 0 aromatic heterocycles. The predicted octanol–water partition coefficient (Wildman–Crippen LogP) is 2.38. The van der Waals surface area contributed by atoms with Crippen LogP contribution in [0.4, 0.5) is 0 Å². The maximum absolute atomic E-state index is 3.64. The van der Waals surface area contributed by atoms with Gasteiger partial charge in [-0.05, 0) is 17.7 Å². The van der Waals surface area contributed by atoms with E-state index in [1.54, 1.807) is 6.08 Å². The Morgan fingerprint density at radius 2 is 2.33 bits per heavy atom. The molecule has 0 aromatic carbocycles. The summed E-state index contributed by atoms with van der Waals surface area (Å²) in [6.45, 7) is 3.64. The molecule has 1 aliphatic rings. The summed E-state index contributed by atoms with van der Waals surface area (Å²) >= 11 is 0. The molecule has 0 unspecified atom stereocenters. The summed E-state index contributed by atoms with van der Waals surface area (Å²) < 4.78 is 0. The average molecular weight is 116 g/mol. The van der Waals surface area contributed by atoms with E-state index in [-0.39, 0.29) is 0 Å². The van der Waals surface area contributed by atoms with Gasteiger partial charge in [-0.3, -0.25) is 0 Å². The van der Waals surface area contributed by atoms with Crippen LogP contribution < -0.4 is 0 Å². The topological polar surface area (TPSA) is 0 Å². The molecule has 0 radical (unpaired) electrons. The molecule has 0 heteroatoms. The molecule has 0 saturated carbocycles. The third kappa shape index (κ3) is 1.60. The lowest BCUT2D eigenvalue weighted by Crippen LogP contribution is -1.63. The van der Waals surface area contributed by atoms with Crippen LogP contribution in [0.5, 0.6) is 0 Å². The normalized spacial score (nSPS) is 14.9. The van der Waals surface area contributed by atoms with Crippen molar-refractivity contribution in [3.8, 4) is 0 Å². The van der Waals surface area contributed by atoms with Crippen LogP contribution in [0.15, 0.2) is 54.3 Å². The molecule has 0 nitrogen and oxygen atoms in total. The zero-order chi connectivity index (χ0) is 6.53. The number of hydrogen-bond donors (Lipinski definition) is 0. The van der Waals surface area contributed by atoms with Gasteiger partial charge >= 0.3 is 0 Å². The van der Waals surface area contributed by atoms with Gasteiger partial charge in [0.05, 0.1) is 0 Å². The number of allylic oxidation sites excluding steroid dienone is 6. The molecule has 44 valence electrons. The minimum absolute atomic E-state index is 1.10. The fraction of sp³-hybridized carbons (Fsp3) is 0. The monoisotopic (exact) mass is 116 g/mol. The fourth-order valence-corrected chi connectivity index (χ4v) is 0.597. The minimum atomic E-state index is 1.10. The predicted molar refractivity (Wildman–Crippen MR) is 40.1 cm³/mol. The van der Waals surface area contributed by atoms with Gasteiger partial charge in [-0.1, -0.05) is 30.9 Å². The lowest BCUT2D eigenvalue weighted by atomic mass is 10.2. The first-order valence-electron chi connectivity index (χ1n) is 2.85. The van der Waals surface area contributed by atoms with Gasteiger partial charge in [-0.15, -0.1) is 5.73 Å². The van der Waals surface area contributed by atoms with Crippen molar-refractivity contribution >= 4 is 0 Å². The maximum Gasteiger partial charge on any atom is -0.0127 e. The Morgan fingerprint density at radius 3 is 3.11 bits per heavy atom. The standard InChI is InChI=1S/C9H8/c1-2-9-7-5-3-4-6-8-9/h2-5,7-8H,1H2.